The zero-order valence-corrected chi connectivity index (χ0v) is 22.0. The van der Waals surface area contributed by atoms with Crippen LogP contribution in [0.5, 0.6) is 0 Å². The van der Waals surface area contributed by atoms with Gasteiger partial charge < -0.3 is 15.0 Å². The number of hydrogen-bond donors (Lipinski definition) is 3. The van der Waals surface area contributed by atoms with Crippen LogP contribution in [0.1, 0.15) is 21.5 Å². The fourth-order valence-corrected chi connectivity index (χ4v) is 6.92. The van der Waals surface area contributed by atoms with Gasteiger partial charge in [0.2, 0.25) is 17.7 Å². The maximum absolute atomic E-state index is 14.3. The Kier molecular flexibility index (Phi) is 5.39. The van der Waals surface area contributed by atoms with Gasteiger partial charge in [0, 0.05) is 28.7 Å². The zero-order valence-electron chi connectivity index (χ0n) is 21.2. The molecule has 9 nitrogen and oxygen atoms in total. The van der Waals surface area contributed by atoms with Crippen LogP contribution in [0.2, 0.25) is 5.02 Å². The summed E-state index contributed by atoms with van der Waals surface area (Å²) >= 11 is 6.46. The molecule has 10 heteroatoms. The highest BCUT2D eigenvalue weighted by molar-refractivity contribution is 6.35. The van der Waals surface area contributed by atoms with Gasteiger partial charge in [-0.15, -0.1) is 0 Å². The number of imide groups is 1. The van der Waals surface area contributed by atoms with Crippen LogP contribution in [0.3, 0.4) is 0 Å². The number of carbonyl (C=O) groups excluding carboxylic acids is 4. The second-order valence-corrected chi connectivity index (χ2v) is 10.7. The predicted molar refractivity (Wildman–Crippen MR) is 148 cm³/mol. The lowest BCUT2D eigenvalue weighted by molar-refractivity contribution is -0.130. The van der Waals surface area contributed by atoms with Crippen molar-refractivity contribution in [1.29, 1.82) is 0 Å². The van der Waals surface area contributed by atoms with E-state index in [-0.39, 0.29) is 11.3 Å². The van der Waals surface area contributed by atoms with Gasteiger partial charge in [-0.2, -0.15) is 0 Å². The minimum absolute atomic E-state index is 0.0844. The van der Waals surface area contributed by atoms with Crippen molar-refractivity contribution >= 4 is 57.6 Å². The van der Waals surface area contributed by atoms with E-state index in [1.165, 1.54) is 19.2 Å². The SMILES string of the molecule is COC(=O)c1ccccc1N1C(=O)[C@@H]2[C@H](Cc3c[nH]c4ccccc34)N[C@]3(C(=O)Nc4c(Cl)cccc43)[C@H]2C1=O. The molecule has 40 heavy (non-hydrogen) atoms. The van der Waals surface area contributed by atoms with Gasteiger partial charge in [-0.1, -0.05) is 54.1 Å². The number of nitrogens with one attached hydrogen (secondary N) is 3. The van der Waals surface area contributed by atoms with Gasteiger partial charge in [0.15, 0.2) is 0 Å². The highest BCUT2D eigenvalue weighted by atomic mass is 35.5. The summed E-state index contributed by atoms with van der Waals surface area (Å²) in [5.74, 6) is -4.13. The molecule has 0 saturated carbocycles. The lowest BCUT2D eigenvalue weighted by atomic mass is 9.76. The number of hydrogen-bond acceptors (Lipinski definition) is 6. The minimum atomic E-state index is -1.52. The third-order valence-corrected chi connectivity index (χ3v) is 8.68. The Bertz CT molecular complexity index is 1770. The number of nitrogens with zero attached hydrogens (tertiary/aromatic N) is 1. The molecule has 3 amide bonds. The second-order valence-electron chi connectivity index (χ2n) is 10.3. The summed E-state index contributed by atoms with van der Waals surface area (Å²) in [6, 6.07) is 18.7. The van der Waals surface area contributed by atoms with Gasteiger partial charge in [0.1, 0.15) is 5.54 Å². The van der Waals surface area contributed by atoms with Gasteiger partial charge in [-0.05, 0) is 36.2 Å². The van der Waals surface area contributed by atoms with E-state index in [9.17, 15) is 19.2 Å². The molecule has 2 fully saturated rings. The van der Waals surface area contributed by atoms with Gasteiger partial charge in [0.05, 0.1) is 40.9 Å². The molecule has 0 unspecified atom stereocenters. The van der Waals surface area contributed by atoms with Gasteiger partial charge >= 0.3 is 5.97 Å². The Balaban J connectivity index is 1.40. The molecule has 1 spiro atoms. The molecule has 3 aliphatic rings. The number of halogens is 1. The van der Waals surface area contributed by atoms with Crippen molar-refractivity contribution in [2.75, 3.05) is 17.3 Å². The van der Waals surface area contributed by atoms with Crippen molar-refractivity contribution in [1.82, 2.24) is 10.3 Å². The Morgan fingerprint density at radius 3 is 2.60 bits per heavy atom. The molecule has 4 heterocycles. The first-order valence-corrected chi connectivity index (χ1v) is 13.2. The summed E-state index contributed by atoms with van der Waals surface area (Å²) in [6.07, 6.45) is 2.26. The van der Waals surface area contributed by atoms with E-state index in [1.807, 2.05) is 30.5 Å². The first-order chi connectivity index (χ1) is 19.4. The lowest BCUT2D eigenvalue weighted by Crippen LogP contribution is -2.53. The number of amides is 3. The Hall–Kier alpha value is -4.47. The monoisotopic (exact) mass is 554 g/mol. The second kappa shape index (κ2) is 8.77. The van der Waals surface area contributed by atoms with Crippen molar-refractivity contribution in [2.45, 2.75) is 18.0 Å². The van der Waals surface area contributed by atoms with Gasteiger partial charge in [0.25, 0.3) is 0 Å². The smallest absolute Gasteiger partial charge is 0.339 e. The summed E-state index contributed by atoms with van der Waals surface area (Å²) in [7, 11) is 1.24. The van der Waals surface area contributed by atoms with Crippen LogP contribution in [0, 0.1) is 11.8 Å². The van der Waals surface area contributed by atoms with Crippen LogP contribution in [0.4, 0.5) is 11.4 Å². The number of rotatable bonds is 4. The Morgan fingerprint density at radius 2 is 1.77 bits per heavy atom. The van der Waals surface area contributed by atoms with E-state index >= 15 is 0 Å². The fraction of sp³-hybridized carbons (Fsp3) is 0.200. The molecule has 3 aromatic carbocycles. The molecular weight excluding hydrogens is 532 g/mol. The summed E-state index contributed by atoms with van der Waals surface area (Å²) in [6.45, 7) is 0. The van der Waals surface area contributed by atoms with E-state index in [2.05, 4.69) is 15.6 Å². The van der Waals surface area contributed by atoms with Gasteiger partial charge in [-0.25, -0.2) is 9.69 Å². The van der Waals surface area contributed by atoms with E-state index in [1.54, 1.807) is 30.3 Å². The molecule has 7 rings (SSSR count). The van der Waals surface area contributed by atoms with Crippen LogP contribution in [-0.4, -0.2) is 41.8 Å². The molecule has 0 aliphatic carbocycles. The number of carbonyl (C=O) groups is 4. The van der Waals surface area contributed by atoms with Crippen molar-refractivity contribution < 1.29 is 23.9 Å². The summed E-state index contributed by atoms with van der Waals surface area (Å²) in [4.78, 5) is 59.3. The molecule has 3 N–H and O–H groups in total. The molecule has 2 saturated heterocycles. The highest BCUT2D eigenvalue weighted by Crippen LogP contribution is 2.55. The number of aromatic amines is 1. The quantitative estimate of drug-likeness (QED) is 0.261. The minimum Gasteiger partial charge on any atom is -0.465 e. The summed E-state index contributed by atoms with van der Waals surface area (Å²) in [5.41, 5.74) is 1.52. The van der Waals surface area contributed by atoms with Crippen LogP contribution >= 0.6 is 11.6 Å². The van der Waals surface area contributed by atoms with Crippen molar-refractivity contribution in [3.05, 3.63) is 94.6 Å². The normalized spacial score (nSPS) is 25.0. The number of aromatic nitrogens is 1. The zero-order chi connectivity index (χ0) is 27.8. The fourth-order valence-electron chi connectivity index (χ4n) is 6.69. The maximum Gasteiger partial charge on any atom is 0.339 e. The number of esters is 1. The topological polar surface area (TPSA) is 121 Å². The molecule has 200 valence electrons. The predicted octanol–water partition coefficient (Wildman–Crippen LogP) is 3.78. The van der Waals surface area contributed by atoms with Crippen LogP contribution < -0.4 is 15.5 Å². The molecule has 0 radical (unpaired) electrons. The van der Waals surface area contributed by atoms with E-state index in [4.69, 9.17) is 16.3 Å². The van der Waals surface area contributed by atoms with Crippen LogP contribution in [0.25, 0.3) is 10.9 Å². The number of ether oxygens (including phenoxy) is 1. The largest absolute Gasteiger partial charge is 0.465 e. The van der Waals surface area contributed by atoms with Crippen molar-refractivity contribution in [3.63, 3.8) is 0 Å². The van der Waals surface area contributed by atoms with Crippen molar-refractivity contribution in [3.8, 4) is 0 Å². The number of anilines is 2. The molecule has 1 aromatic heterocycles. The summed E-state index contributed by atoms with van der Waals surface area (Å²) < 4.78 is 4.92. The number of fused-ring (bicyclic) bond motifs is 5. The summed E-state index contributed by atoms with van der Waals surface area (Å²) in [5, 5.41) is 7.62. The van der Waals surface area contributed by atoms with E-state index < -0.39 is 47.1 Å². The van der Waals surface area contributed by atoms with Crippen LogP contribution in [0.15, 0.2) is 72.9 Å². The average Bonchev–Trinajstić information content (AvgIpc) is 3.68. The Labute approximate surface area is 233 Å². The number of benzene rings is 3. The van der Waals surface area contributed by atoms with E-state index in [0.717, 1.165) is 21.4 Å². The first-order valence-electron chi connectivity index (χ1n) is 12.8. The third kappa shape index (κ3) is 3.19. The molecule has 4 aromatic rings. The maximum atomic E-state index is 14.3. The standard InChI is InChI=1S/C30H23ClN4O5/c1-40-28(38)17-8-3-5-12-22(17)35-26(36)23-21(13-15-14-32-20-11-4-2-7-16(15)20)34-30(24(23)27(35)37)18-9-6-10-19(31)25(18)33-29(30)39/h2-12,14,21,23-24,32,34H,13H2,1H3,(H,33,39)/t21-,23+,24+,30-/m0/s1. The number of H-pyrrole nitrogens is 1. The average molecular weight is 555 g/mol. The first kappa shape index (κ1) is 24.6. The van der Waals surface area contributed by atoms with Crippen LogP contribution in [-0.2, 0) is 31.1 Å². The number of methoxy groups -OCH3 is 1. The van der Waals surface area contributed by atoms with E-state index in [0.29, 0.717) is 22.7 Å². The lowest BCUT2D eigenvalue weighted by Gasteiger charge is -2.30. The molecule has 3 aliphatic heterocycles. The Morgan fingerprint density at radius 1 is 1.00 bits per heavy atom. The number of para-hydroxylation sites is 3. The van der Waals surface area contributed by atoms with Gasteiger partial charge in [-0.3, -0.25) is 19.7 Å². The molecule has 4 atom stereocenters. The molecular formula is C30H23ClN4O5. The highest BCUT2D eigenvalue weighted by Gasteiger charge is 2.71. The molecule has 0 bridgehead atoms. The third-order valence-electron chi connectivity index (χ3n) is 8.36. The van der Waals surface area contributed by atoms with Crippen molar-refractivity contribution in [2.24, 2.45) is 11.8 Å².